The van der Waals surface area contributed by atoms with E-state index in [4.69, 9.17) is 0 Å². The molecule has 0 radical (unpaired) electrons. The highest BCUT2D eigenvalue weighted by molar-refractivity contribution is 6.88. The molecule has 2 aromatic carbocycles. The minimum absolute atomic E-state index is 0.979. The van der Waals surface area contributed by atoms with Gasteiger partial charge in [-0.05, 0) is 37.3 Å². The van der Waals surface area contributed by atoms with Crippen LogP contribution in [-0.2, 0) is 6.54 Å². The van der Waals surface area contributed by atoms with E-state index >= 15 is 0 Å². The standard InChI is InChI=1S/C22H24N2Si/c1-5-24-21-9-7-6-8-18(21)19-14-16(10-11-22(19)24)20-15-17(12-13-23-20)25(2,3)4/h6-15H,5H2,1-4H3. The Balaban J connectivity index is 1.95. The van der Waals surface area contributed by atoms with Crippen LogP contribution in [0.15, 0.2) is 60.8 Å². The predicted molar refractivity (Wildman–Crippen MR) is 111 cm³/mol. The van der Waals surface area contributed by atoms with Crippen LogP contribution in [0.4, 0.5) is 0 Å². The van der Waals surface area contributed by atoms with Gasteiger partial charge in [-0.15, -0.1) is 0 Å². The summed E-state index contributed by atoms with van der Waals surface area (Å²) in [7, 11) is -1.34. The summed E-state index contributed by atoms with van der Waals surface area (Å²) in [6, 6.07) is 19.9. The summed E-state index contributed by atoms with van der Waals surface area (Å²) in [6.45, 7) is 10.3. The van der Waals surface area contributed by atoms with E-state index in [2.05, 4.69) is 90.7 Å². The number of aryl methyl sites for hydroxylation is 1. The zero-order valence-electron chi connectivity index (χ0n) is 15.4. The minimum Gasteiger partial charge on any atom is -0.341 e. The van der Waals surface area contributed by atoms with Crippen molar-refractivity contribution >= 4 is 35.1 Å². The van der Waals surface area contributed by atoms with Crippen LogP contribution in [0.25, 0.3) is 33.1 Å². The van der Waals surface area contributed by atoms with Crippen molar-refractivity contribution in [2.75, 3.05) is 0 Å². The van der Waals surface area contributed by atoms with Crippen LogP contribution in [0.1, 0.15) is 6.92 Å². The van der Waals surface area contributed by atoms with Gasteiger partial charge in [-0.2, -0.15) is 0 Å². The molecule has 0 aliphatic heterocycles. The van der Waals surface area contributed by atoms with E-state index in [1.807, 2.05) is 6.20 Å². The molecule has 0 saturated heterocycles. The molecule has 0 atom stereocenters. The molecule has 0 aliphatic rings. The smallest absolute Gasteiger partial charge is 0.0777 e. The maximum absolute atomic E-state index is 4.65. The SMILES string of the molecule is CCn1c2ccccc2c2cc(-c3cc([Si](C)(C)C)ccn3)ccc21. The van der Waals surface area contributed by atoms with Gasteiger partial charge in [0.25, 0.3) is 0 Å². The lowest BCUT2D eigenvalue weighted by molar-refractivity contribution is 0.827. The molecular formula is C22H24N2Si. The van der Waals surface area contributed by atoms with Crippen molar-refractivity contribution in [2.24, 2.45) is 0 Å². The number of pyridine rings is 1. The van der Waals surface area contributed by atoms with Crippen LogP contribution in [0.2, 0.25) is 19.6 Å². The minimum atomic E-state index is -1.34. The summed E-state index contributed by atoms with van der Waals surface area (Å²) in [5, 5.41) is 4.09. The molecule has 3 heteroatoms. The van der Waals surface area contributed by atoms with Crippen LogP contribution in [0, 0.1) is 0 Å². The highest BCUT2D eigenvalue weighted by atomic mass is 28.3. The molecule has 2 aromatic heterocycles. The number of aromatic nitrogens is 2. The number of benzene rings is 2. The Labute approximate surface area is 150 Å². The summed E-state index contributed by atoms with van der Waals surface area (Å²) >= 11 is 0. The Morgan fingerprint density at radius 2 is 1.64 bits per heavy atom. The molecule has 0 fully saturated rings. The van der Waals surface area contributed by atoms with Gasteiger partial charge in [0.05, 0.1) is 13.8 Å². The van der Waals surface area contributed by atoms with Gasteiger partial charge in [0, 0.05) is 40.1 Å². The fraction of sp³-hybridized carbons (Fsp3) is 0.227. The van der Waals surface area contributed by atoms with Gasteiger partial charge in [0.1, 0.15) is 0 Å². The highest BCUT2D eigenvalue weighted by Gasteiger charge is 2.17. The third-order valence-electron chi connectivity index (χ3n) is 5.01. The van der Waals surface area contributed by atoms with Crippen molar-refractivity contribution in [3.8, 4) is 11.3 Å². The quantitative estimate of drug-likeness (QED) is 0.454. The van der Waals surface area contributed by atoms with Crippen molar-refractivity contribution < 1.29 is 0 Å². The van der Waals surface area contributed by atoms with Crippen molar-refractivity contribution in [3.05, 3.63) is 60.8 Å². The van der Waals surface area contributed by atoms with E-state index < -0.39 is 8.07 Å². The molecule has 0 unspecified atom stereocenters. The lowest BCUT2D eigenvalue weighted by Crippen LogP contribution is -2.37. The Kier molecular flexibility index (Phi) is 3.77. The van der Waals surface area contributed by atoms with E-state index in [9.17, 15) is 0 Å². The fourth-order valence-corrected chi connectivity index (χ4v) is 4.75. The van der Waals surface area contributed by atoms with Gasteiger partial charge in [0.15, 0.2) is 0 Å². The first kappa shape index (κ1) is 16.1. The summed E-state index contributed by atoms with van der Waals surface area (Å²) in [5.74, 6) is 0. The maximum atomic E-state index is 4.65. The monoisotopic (exact) mass is 344 g/mol. The van der Waals surface area contributed by atoms with Crippen molar-refractivity contribution in [2.45, 2.75) is 33.1 Å². The van der Waals surface area contributed by atoms with Crippen LogP contribution in [-0.4, -0.2) is 17.6 Å². The molecule has 2 nitrogen and oxygen atoms in total. The van der Waals surface area contributed by atoms with Crippen LogP contribution in [0.5, 0.6) is 0 Å². The van der Waals surface area contributed by atoms with Crippen LogP contribution in [0.3, 0.4) is 0 Å². The van der Waals surface area contributed by atoms with E-state index in [1.165, 1.54) is 32.6 Å². The third-order valence-corrected chi connectivity index (χ3v) is 7.05. The Morgan fingerprint density at radius 3 is 2.40 bits per heavy atom. The zero-order valence-corrected chi connectivity index (χ0v) is 16.4. The Hall–Kier alpha value is -2.39. The van der Waals surface area contributed by atoms with E-state index in [0.717, 1.165) is 12.2 Å². The summed E-state index contributed by atoms with van der Waals surface area (Å²) in [5.41, 5.74) is 4.89. The number of nitrogens with zero attached hydrogens (tertiary/aromatic N) is 2. The molecule has 25 heavy (non-hydrogen) atoms. The Morgan fingerprint density at radius 1 is 0.880 bits per heavy atom. The molecule has 0 saturated carbocycles. The first-order valence-electron chi connectivity index (χ1n) is 8.97. The lowest BCUT2D eigenvalue weighted by atomic mass is 10.1. The molecule has 0 aliphatic carbocycles. The zero-order chi connectivity index (χ0) is 17.6. The molecule has 4 rings (SSSR count). The third kappa shape index (κ3) is 2.69. The maximum Gasteiger partial charge on any atom is 0.0777 e. The van der Waals surface area contributed by atoms with Crippen LogP contribution < -0.4 is 5.19 Å². The average molecular weight is 345 g/mol. The molecular weight excluding hydrogens is 320 g/mol. The second-order valence-corrected chi connectivity index (χ2v) is 12.8. The van der Waals surface area contributed by atoms with Crippen molar-refractivity contribution in [1.82, 2.24) is 9.55 Å². The van der Waals surface area contributed by atoms with Gasteiger partial charge in [0.2, 0.25) is 0 Å². The number of rotatable bonds is 3. The Bertz CT molecular complexity index is 1070. The molecule has 126 valence electrons. The predicted octanol–water partition coefficient (Wildman–Crippen LogP) is 5.42. The van der Waals surface area contributed by atoms with E-state index in [0.29, 0.717) is 0 Å². The topological polar surface area (TPSA) is 17.8 Å². The summed E-state index contributed by atoms with van der Waals surface area (Å²) < 4.78 is 2.39. The first-order chi connectivity index (χ1) is 12.0. The van der Waals surface area contributed by atoms with Gasteiger partial charge in [-0.3, -0.25) is 4.98 Å². The van der Waals surface area contributed by atoms with E-state index in [-0.39, 0.29) is 0 Å². The van der Waals surface area contributed by atoms with Crippen molar-refractivity contribution in [1.29, 1.82) is 0 Å². The van der Waals surface area contributed by atoms with Gasteiger partial charge in [-0.1, -0.05) is 49.1 Å². The molecule has 4 aromatic rings. The molecule has 0 amide bonds. The largest absolute Gasteiger partial charge is 0.341 e. The van der Waals surface area contributed by atoms with Crippen molar-refractivity contribution in [3.63, 3.8) is 0 Å². The second-order valence-electron chi connectivity index (χ2n) is 7.67. The molecule has 0 spiro atoms. The number of hydrogen-bond donors (Lipinski definition) is 0. The van der Waals surface area contributed by atoms with Gasteiger partial charge < -0.3 is 4.57 Å². The molecule has 0 bridgehead atoms. The second kappa shape index (κ2) is 5.85. The summed E-state index contributed by atoms with van der Waals surface area (Å²) in [4.78, 5) is 4.65. The number of fused-ring (bicyclic) bond motifs is 3. The lowest BCUT2D eigenvalue weighted by Gasteiger charge is -2.17. The molecule has 0 N–H and O–H groups in total. The van der Waals surface area contributed by atoms with Crippen LogP contribution >= 0.6 is 0 Å². The first-order valence-corrected chi connectivity index (χ1v) is 12.5. The van der Waals surface area contributed by atoms with Gasteiger partial charge in [-0.25, -0.2) is 0 Å². The summed E-state index contributed by atoms with van der Waals surface area (Å²) in [6.07, 6.45) is 1.96. The normalized spacial score (nSPS) is 12.2. The van der Waals surface area contributed by atoms with E-state index in [1.54, 1.807) is 0 Å². The fourth-order valence-electron chi connectivity index (χ4n) is 3.61. The number of para-hydroxylation sites is 1. The number of hydrogen-bond acceptors (Lipinski definition) is 1. The highest BCUT2D eigenvalue weighted by Crippen LogP contribution is 2.32. The van der Waals surface area contributed by atoms with Gasteiger partial charge >= 0.3 is 0 Å². The average Bonchev–Trinajstić information content (AvgIpc) is 2.94. The molecule has 2 heterocycles.